The number of carbonyl (C=O) groups is 1. The van der Waals surface area contributed by atoms with Crippen LogP contribution in [0.2, 0.25) is 0 Å². The minimum absolute atomic E-state index is 0.0781. The number of hydrogen-bond acceptors (Lipinski definition) is 2. The fourth-order valence-corrected chi connectivity index (χ4v) is 2.19. The number of aldehydes is 1. The molecule has 0 heterocycles. The molecular weight excluding hydrogens is 260 g/mol. The van der Waals surface area contributed by atoms with Gasteiger partial charge in [-0.05, 0) is 28.7 Å². The summed E-state index contributed by atoms with van der Waals surface area (Å²) >= 11 is 0. The van der Waals surface area contributed by atoms with Gasteiger partial charge in [0.05, 0.1) is 5.56 Å². The third-order valence-corrected chi connectivity index (χ3v) is 3.36. The number of phenolic OH excluding ortho intramolecular Hbond substituents is 1. The van der Waals surface area contributed by atoms with Gasteiger partial charge in [0.2, 0.25) is 0 Å². The van der Waals surface area contributed by atoms with Crippen LogP contribution in [-0.4, -0.2) is 11.4 Å². The van der Waals surface area contributed by atoms with Gasteiger partial charge in [-0.1, -0.05) is 63.3 Å². The fraction of sp³-hybridized carbons (Fsp3) is 0.211. The maximum atomic E-state index is 11.1. The van der Waals surface area contributed by atoms with Crippen molar-refractivity contribution in [3.63, 3.8) is 0 Å². The zero-order valence-electron chi connectivity index (χ0n) is 12.6. The number of aromatic hydroxyl groups is 1. The van der Waals surface area contributed by atoms with Crippen molar-refractivity contribution in [2.24, 2.45) is 0 Å². The lowest BCUT2D eigenvalue weighted by atomic mass is 9.84. The molecule has 2 rings (SSSR count). The minimum atomic E-state index is -0.224. The second kappa shape index (κ2) is 5.96. The van der Waals surface area contributed by atoms with E-state index in [1.807, 2.05) is 69.3 Å². The van der Waals surface area contributed by atoms with Gasteiger partial charge in [0, 0.05) is 5.56 Å². The van der Waals surface area contributed by atoms with Crippen molar-refractivity contribution in [3.8, 4) is 5.75 Å². The Bertz CT molecular complexity index is 662. The average Bonchev–Trinajstić information content (AvgIpc) is 2.46. The van der Waals surface area contributed by atoms with Crippen LogP contribution < -0.4 is 0 Å². The first-order chi connectivity index (χ1) is 9.91. The largest absolute Gasteiger partial charge is 0.507 e. The molecule has 2 nitrogen and oxygen atoms in total. The summed E-state index contributed by atoms with van der Waals surface area (Å²) in [6.07, 6.45) is 4.65. The fourth-order valence-electron chi connectivity index (χ4n) is 2.19. The number of rotatable bonds is 3. The van der Waals surface area contributed by atoms with Crippen LogP contribution in [0, 0.1) is 0 Å². The summed E-state index contributed by atoms with van der Waals surface area (Å²) in [7, 11) is 0. The summed E-state index contributed by atoms with van der Waals surface area (Å²) in [5.74, 6) is 0.0781. The Balaban J connectivity index is 2.45. The van der Waals surface area contributed by atoms with E-state index in [2.05, 4.69) is 0 Å². The second-order valence-corrected chi connectivity index (χ2v) is 6.12. The normalized spacial score (nSPS) is 11.8. The van der Waals surface area contributed by atoms with Gasteiger partial charge < -0.3 is 5.11 Å². The van der Waals surface area contributed by atoms with E-state index >= 15 is 0 Å². The molecule has 0 radical (unpaired) electrons. The smallest absolute Gasteiger partial charge is 0.153 e. The van der Waals surface area contributed by atoms with Gasteiger partial charge in [0.1, 0.15) is 5.75 Å². The summed E-state index contributed by atoms with van der Waals surface area (Å²) in [5.41, 5.74) is 2.88. The van der Waals surface area contributed by atoms with Crippen LogP contribution >= 0.6 is 0 Å². The first-order valence-electron chi connectivity index (χ1n) is 6.97. The second-order valence-electron chi connectivity index (χ2n) is 6.12. The van der Waals surface area contributed by atoms with Crippen LogP contribution in [0.25, 0.3) is 12.2 Å². The minimum Gasteiger partial charge on any atom is -0.507 e. The van der Waals surface area contributed by atoms with Gasteiger partial charge in [-0.3, -0.25) is 4.79 Å². The molecule has 21 heavy (non-hydrogen) atoms. The molecule has 0 aliphatic heterocycles. The summed E-state index contributed by atoms with van der Waals surface area (Å²) < 4.78 is 0. The lowest BCUT2D eigenvalue weighted by molar-refractivity contribution is 0.112. The molecule has 2 aromatic carbocycles. The lowest BCUT2D eigenvalue weighted by Crippen LogP contribution is -2.12. The van der Waals surface area contributed by atoms with E-state index in [9.17, 15) is 9.90 Å². The van der Waals surface area contributed by atoms with Crippen LogP contribution in [-0.2, 0) is 5.41 Å². The van der Waals surface area contributed by atoms with Crippen molar-refractivity contribution in [2.75, 3.05) is 0 Å². The Morgan fingerprint density at radius 3 is 2.14 bits per heavy atom. The van der Waals surface area contributed by atoms with E-state index in [0.29, 0.717) is 11.8 Å². The average molecular weight is 280 g/mol. The third kappa shape index (κ3) is 3.60. The molecule has 0 unspecified atom stereocenters. The highest BCUT2D eigenvalue weighted by Gasteiger charge is 2.20. The number of hydrogen-bond donors (Lipinski definition) is 1. The molecule has 1 N–H and O–H groups in total. The maximum absolute atomic E-state index is 11.1. The summed E-state index contributed by atoms with van der Waals surface area (Å²) in [6.45, 7) is 6.05. The SMILES string of the molecule is CC(C)(C)c1cc(C=Cc2ccccc2)cc(C=O)c1O. The molecule has 0 amide bonds. The maximum Gasteiger partial charge on any atom is 0.153 e. The molecule has 0 aromatic heterocycles. The Morgan fingerprint density at radius 1 is 0.952 bits per heavy atom. The zero-order chi connectivity index (χ0) is 15.5. The van der Waals surface area contributed by atoms with Crippen molar-refractivity contribution in [3.05, 3.63) is 64.7 Å². The van der Waals surface area contributed by atoms with Crippen LogP contribution in [0.1, 0.15) is 47.8 Å². The molecule has 0 saturated heterocycles. The van der Waals surface area contributed by atoms with Crippen LogP contribution in [0.15, 0.2) is 42.5 Å². The molecule has 0 fully saturated rings. The Hall–Kier alpha value is -2.35. The topological polar surface area (TPSA) is 37.3 Å². The van der Waals surface area contributed by atoms with Crippen molar-refractivity contribution in [2.45, 2.75) is 26.2 Å². The standard InChI is InChI=1S/C19H20O2/c1-19(2,3)17-12-15(11-16(13-20)18(17)21)10-9-14-7-5-4-6-8-14/h4-13,21H,1-3H3. The first-order valence-corrected chi connectivity index (χ1v) is 6.97. The molecule has 0 spiro atoms. The van der Waals surface area contributed by atoms with E-state index in [1.165, 1.54) is 0 Å². The molecule has 2 heteroatoms. The summed E-state index contributed by atoms with van der Waals surface area (Å²) in [4.78, 5) is 11.1. The predicted molar refractivity (Wildman–Crippen MR) is 87.6 cm³/mol. The molecule has 0 saturated carbocycles. The van der Waals surface area contributed by atoms with Crippen LogP contribution in [0.3, 0.4) is 0 Å². The van der Waals surface area contributed by atoms with Gasteiger partial charge in [0.15, 0.2) is 6.29 Å². The Kier molecular flexibility index (Phi) is 4.27. The van der Waals surface area contributed by atoms with Gasteiger partial charge in [0.25, 0.3) is 0 Å². The van der Waals surface area contributed by atoms with E-state index in [1.54, 1.807) is 6.07 Å². The van der Waals surface area contributed by atoms with E-state index in [4.69, 9.17) is 0 Å². The molecule has 0 bridgehead atoms. The van der Waals surface area contributed by atoms with Crippen molar-refractivity contribution >= 4 is 18.4 Å². The zero-order valence-corrected chi connectivity index (χ0v) is 12.6. The first kappa shape index (κ1) is 15.0. The molecule has 108 valence electrons. The van der Waals surface area contributed by atoms with Crippen molar-refractivity contribution in [1.29, 1.82) is 0 Å². The highest BCUT2D eigenvalue weighted by Crippen LogP contribution is 2.34. The number of carbonyl (C=O) groups excluding carboxylic acids is 1. The molecule has 0 atom stereocenters. The van der Waals surface area contributed by atoms with Gasteiger partial charge in [-0.2, -0.15) is 0 Å². The summed E-state index contributed by atoms with van der Waals surface area (Å²) in [5, 5.41) is 10.2. The van der Waals surface area contributed by atoms with Gasteiger partial charge >= 0.3 is 0 Å². The van der Waals surface area contributed by atoms with E-state index in [-0.39, 0.29) is 11.2 Å². The summed E-state index contributed by atoms with van der Waals surface area (Å²) in [6, 6.07) is 13.6. The number of benzene rings is 2. The van der Waals surface area contributed by atoms with Crippen molar-refractivity contribution in [1.82, 2.24) is 0 Å². The highest BCUT2D eigenvalue weighted by molar-refractivity contribution is 5.83. The lowest BCUT2D eigenvalue weighted by Gasteiger charge is -2.21. The van der Waals surface area contributed by atoms with E-state index < -0.39 is 0 Å². The van der Waals surface area contributed by atoms with Crippen molar-refractivity contribution < 1.29 is 9.90 Å². The van der Waals surface area contributed by atoms with Gasteiger partial charge in [-0.15, -0.1) is 0 Å². The molecule has 0 aliphatic rings. The number of phenols is 1. The Labute approximate surface area is 125 Å². The molecule has 2 aromatic rings. The predicted octanol–water partition coefficient (Wildman–Crippen LogP) is 4.67. The Morgan fingerprint density at radius 2 is 1.57 bits per heavy atom. The monoisotopic (exact) mass is 280 g/mol. The molecule has 0 aliphatic carbocycles. The quantitative estimate of drug-likeness (QED) is 0.655. The van der Waals surface area contributed by atoms with Gasteiger partial charge in [-0.25, -0.2) is 0 Å². The van der Waals surface area contributed by atoms with Crippen LogP contribution in [0.5, 0.6) is 5.75 Å². The molecular formula is C19H20O2. The van der Waals surface area contributed by atoms with E-state index in [0.717, 1.165) is 16.7 Å². The highest BCUT2D eigenvalue weighted by atomic mass is 16.3. The third-order valence-electron chi connectivity index (χ3n) is 3.36. The van der Waals surface area contributed by atoms with Crippen LogP contribution in [0.4, 0.5) is 0 Å².